The molecular weight excluding hydrogens is 374 g/mol. The van der Waals surface area contributed by atoms with E-state index in [1.54, 1.807) is 14.2 Å². The molecule has 0 unspecified atom stereocenters. The summed E-state index contributed by atoms with van der Waals surface area (Å²) in [7, 11) is 3.15. The van der Waals surface area contributed by atoms with Crippen LogP contribution in [0.5, 0.6) is 23.0 Å². The molecule has 0 atom stereocenters. The van der Waals surface area contributed by atoms with E-state index in [-0.39, 0.29) is 13.2 Å². The molecule has 3 aromatic rings. The Bertz CT molecular complexity index is 1170. The molecule has 0 fully saturated rings. The highest BCUT2D eigenvalue weighted by Gasteiger charge is 2.33. The number of aromatic nitrogens is 1. The summed E-state index contributed by atoms with van der Waals surface area (Å²) in [5.41, 5.74) is 3.85. The van der Waals surface area contributed by atoms with Gasteiger partial charge in [0.2, 0.25) is 18.2 Å². The summed E-state index contributed by atoms with van der Waals surface area (Å²) in [6.45, 7) is 0.887. The van der Waals surface area contributed by atoms with Crippen LogP contribution in [0.3, 0.4) is 0 Å². The van der Waals surface area contributed by atoms with Crippen molar-refractivity contribution < 1.29 is 33.4 Å². The van der Waals surface area contributed by atoms with Crippen LogP contribution in [0.4, 0.5) is 0 Å². The first kappa shape index (κ1) is 17.6. The first-order valence-corrected chi connectivity index (χ1v) is 9.35. The van der Waals surface area contributed by atoms with Gasteiger partial charge in [0.1, 0.15) is 6.42 Å². The number of fused-ring (bicyclic) bond motifs is 5. The van der Waals surface area contributed by atoms with Gasteiger partial charge < -0.3 is 24.1 Å². The summed E-state index contributed by atoms with van der Waals surface area (Å²) in [5, 5.41) is 11.3. The largest absolute Gasteiger partial charge is 0.493 e. The van der Waals surface area contributed by atoms with Crippen molar-refractivity contribution in [3.63, 3.8) is 0 Å². The molecular formula is C22H20NO6+. The number of carbonyl (C=O) groups is 1. The molecule has 29 heavy (non-hydrogen) atoms. The molecule has 0 amide bonds. The molecule has 5 rings (SSSR count). The second-order valence-corrected chi connectivity index (χ2v) is 7.08. The van der Waals surface area contributed by atoms with E-state index in [0.717, 1.165) is 39.8 Å². The molecule has 0 radical (unpaired) electrons. The molecule has 1 aromatic heterocycles. The third-order valence-electron chi connectivity index (χ3n) is 5.57. The number of methoxy groups -OCH3 is 2. The van der Waals surface area contributed by atoms with Crippen molar-refractivity contribution in [1.29, 1.82) is 0 Å². The average molecular weight is 394 g/mol. The van der Waals surface area contributed by atoms with E-state index in [1.165, 1.54) is 0 Å². The molecule has 1 N–H and O–H groups in total. The van der Waals surface area contributed by atoms with Gasteiger partial charge in [0.05, 0.1) is 25.2 Å². The van der Waals surface area contributed by atoms with E-state index in [2.05, 4.69) is 10.6 Å². The Morgan fingerprint density at radius 2 is 1.93 bits per heavy atom. The fraction of sp³-hybridized carbons (Fsp3) is 0.273. The van der Waals surface area contributed by atoms with Gasteiger partial charge in [0, 0.05) is 12.5 Å². The van der Waals surface area contributed by atoms with E-state index in [4.69, 9.17) is 18.9 Å². The molecule has 3 heterocycles. The molecule has 0 aliphatic carbocycles. The number of nitrogens with zero attached hydrogens (tertiary/aromatic N) is 1. The smallest absolute Gasteiger partial charge is 0.314 e. The van der Waals surface area contributed by atoms with Crippen LogP contribution >= 0.6 is 0 Å². The van der Waals surface area contributed by atoms with E-state index in [1.807, 2.05) is 24.3 Å². The third-order valence-corrected chi connectivity index (χ3v) is 5.57. The first-order chi connectivity index (χ1) is 14.1. The van der Waals surface area contributed by atoms with Crippen molar-refractivity contribution in [3.05, 3.63) is 41.6 Å². The molecule has 0 saturated heterocycles. The number of aryl methyl sites for hydroxylation is 1. The molecule has 7 nitrogen and oxygen atoms in total. The summed E-state index contributed by atoms with van der Waals surface area (Å²) in [6, 6.07) is 9.86. The molecule has 2 aliphatic rings. The van der Waals surface area contributed by atoms with Crippen LogP contribution in [0.25, 0.3) is 22.0 Å². The van der Waals surface area contributed by atoms with Gasteiger partial charge >= 0.3 is 5.97 Å². The van der Waals surface area contributed by atoms with Crippen molar-refractivity contribution in [3.8, 4) is 34.3 Å². The fourth-order valence-corrected chi connectivity index (χ4v) is 4.33. The summed E-state index contributed by atoms with van der Waals surface area (Å²) < 4.78 is 24.2. The normalized spacial score (nSPS) is 13.7. The Morgan fingerprint density at radius 3 is 2.66 bits per heavy atom. The van der Waals surface area contributed by atoms with Gasteiger partial charge in [-0.05, 0) is 35.2 Å². The highest BCUT2D eigenvalue weighted by molar-refractivity contribution is 5.95. The Labute approximate surface area is 167 Å². The molecule has 7 heteroatoms. The Morgan fingerprint density at radius 1 is 1.14 bits per heavy atom. The van der Waals surface area contributed by atoms with Crippen LogP contribution in [-0.4, -0.2) is 32.1 Å². The lowest BCUT2D eigenvalue weighted by Crippen LogP contribution is -2.45. The second kappa shape index (κ2) is 6.55. The maximum Gasteiger partial charge on any atom is 0.314 e. The quantitative estimate of drug-likeness (QED) is 0.686. The van der Waals surface area contributed by atoms with Gasteiger partial charge in [-0.25, -0.2) is 0 Å². The van der Waals surface area contributed by atoms with Gasteiger partial charge in [-0.15, -0.1) is 0 Å². The number of benzene rings is 2. The number of aliphatic carboxylic acids is 1. The molecule has 0 bridgehead atoms. The van der Waals surface area contributed by atoms with Crippen LogP contribution in [0.2, 0.25) is 0 Å². The van der Waals surface area contributed by atoms with E-state index >= 15 is 0 Å². The predicted molar refractivity (Wildman–Crippen MR) is 104 cm³/mol. The Hall–Kier alpha value is -3.48. The monoisotopic (exact) mass is 394 g/mol. The lowest BCUT2D eigenvalue weighted by Gasteiger charge is -2.20. The Kier molecular flexibility index (Phi) is 3.97. The number of carboxylic acids is 1. The molecule has 0 saturated carbocycles. The lowest BCUT2D eigenvalue weighted by molar-refractivity contribution is -0.693. The van der Waals surface area contributed by atoms with Gasteiger partial charge in [-0.2, -0.15) is 4.57 Å². The van der Waals surface area contributed by atoms with Crippen molar-refractivity contribution in [1.82, 2.24) is 0 Å². The minimum Gasteiger partial charge on any atom is -0.493 e. The van der Waals surface area contributed by atoms with Crippen molar-refractivity contribution in [2.24, 2.45) is 0 Å². The van der Waals surface area contributed by atoms with Gasteiger partial charge in [-0.3, -0.25) is 4.79 Å². The zero-order valence-electron chi connectivity index (χ0n) is 16.2. The highest BCUT2D eigenvalue weighted by Crippen LogP contribution is 2.42. The van der Waals surface area contributed by atoms with Crippen LogP contribution in [-0.2, 0) is 24.2 Å². The highest BCUT2D eigenvalue weighted by atomic mass is 16.7. The number of rotatable bonds is 4. The molecule has 2 aromatic carbocycles. The Balaban J connectivity index is 1.84. The minimum atomic E-state index is -0.895. The summed E-state index contributed by atoms with van der Waals surface area (Å²) in [4.78, 5) is 11.7. The maximum atomic E-state index is 11.7. The predicted octanol–water partition coefficient (Wildman–Crippen LogP) is 2.72. The van der Waals surface area contributed by atoms with E-state index in [9.17, 15) is 9.90 Å². The van der Waals surface area contributed by atoms with E-state index in [0.29, 0.717) is 29.5 Å². The number of hydrogen-bond donors (Lipinski definition) is 1. The van der Waals surface area contributed by atoms with Crippen molar-refractivity contribution in [2.45, 2.75) is 19.4 Å². The first-order valence-electron chi connectivity index (χ1n) is 9.35. The molecule has 148 valence electrons. The van der Waals surface area contributed by atoms with E-state index < -0.39 is 5.97 Å². The van der Waals surface area contributed by atoms with Crippen molar-refractivity contribution >= 4 is 16.7 Å². The maximum absolute atomic E-state index is 11.7. The van der Waals surface area contributed by atoms with Crippen molar-refractivity contribution in [2.75, 3.05) is 21.0 Å². The summed E-state index contributed by atoms with van der Waals surface area (Å²) in [5.74, 6) is 1.70. The average Bonchev–Trinajstić information content (AvgIpc) is 3.18. The van der Waals surface area contributed by atoms with Crippen LogP contribution < -0.4 is 23.5 Å². The topological polar surface area (TPSA) is 78.1 Å². The minimum absolute atomic E-state index is 0.117. The number of pyridine rings is 1. The second-order valence-electron chi connectivity index (χ2n) is 7.08. The SMILES string of the molecule is COc1ccc2cc3[n+](c(CC(=O)O)c2c1OC)CCc1cc2c(cc1-3)OCO2. The van der Waals surface area contributed by atoms with Crippen LogP contribution in [0, 0.1) is 0 Å². The standard InChI is InChI=1S/C22H19NO6/c1-26-17-4-3-13-7-15-14-9-19-18(28-11-29-19)8-12(14)5-6-23(15)16(10-20(24)25)21(13)22(17)27-2/h3-4,7-9H,5-6,10-11H2,1-2H3/p+1. The molecule has 2 aliphatic heterocycles. The molecule has 0 spiro atoms. The van der Waals surface area contributed by atoms with Gasteiger partial charge in [-0.1, -0.05) is 0 Å². The van der Waals surface area contributed by atoms with Gasteiger partial charge in [0.15, 0.2) is 29.5 Å². The number of carboxylic acid groups (broad SMARTS) is 1. The van der Waals surface area contributed by atoms with Crippen LogP contribution in [0.1, 0.15) is 11.3 Å². The van der Waals surface area contributed by atoms with Gasteiger partial charge in [0.25, 0.3) is 0 Å². The number of hydrogen-bond acceptors (Lipinski definition) is 5. The summed E-state index contributed by atoms with van der Waals surface area (Å²) in [6.07, 6.45) is 0.655. The fourth-order valence-electron chi connectivity index (χ4n) is 4.33. The van der Waals surface area contributed by atoms with Crippen LogP contribution in [0.15, 0.2) is 30.3 Å². The lowest BCUT2D eigenvalue weighted by atomic mass is 9.93. The third kappa shape index (κ3) is 2.65. The zero-order valence-corrected chi connectivity index (χ0v) is 16.2. The zero-order chi connectivity index (χ0) is 20.1. The number of ether oxygens (including phenoxy) is 4. The summed E-state index contributed by atoms with van der Waals surface area (Å²) >= 11 is 0.